The fourth-order valence-electron chi connectivity index (χ4n) is 3.06. The molecule has 176 valence electrons. The number of hydrogen-bond donors (Lipinski definition) is 1. The molecule has 4 rings (SSSR count). The lowest BCUT2D eigenvalue weighted by Crippen LogP contribution is -2.12. The molecule has 1 N–H and O–H groups in total. The van der Waals surface area contributed by atoms with Crippen LogP contribution in [0.5, 0.6) is 0 Å². The van der Waals surface area contributed by atoms with Gasteiger partial charge >= 0.3 is 6.18 Å². The van der Waals surface area contributed by atoms with Crippen LogP contribution in [0.25, 0.3) is 22.7 Å². The Labute approximate surface area is 193 Å². The van der Waals surface area contributed by atoms with E-state index < -0.39 is 29.3 Å². The van der Waals surface area contributed by atoms with Crippen LogP contribution in [0.15, 0.2) is 46.9 Å². The molecule has 0 saturated carbocycles. The van der Waals surface area contributed by atoms with Gasteiger partial charge in [-0.1, -0.05) is 6.07 Å². The average Bonchev–Trinajstić information content (AvgIpc) is 3.40. The molecule has 2 aromatic heterocycles. The van der Waals surface area contributed by atoms with Crippen molar-refractivity contribution in [2.24, 2.45) is 0 Å². The first kappa shape index (κ1) is 23.5. The molecule has 0 saturated heterocycles. The third kappa shape index (κ3) is 5.28. The number of aryl methyl sites for hydroxylation is 2. The quantitative estimate of drug-likeness (QED) is 0.331. The molecule has 0 aliphatic rings. The lowest BCUT2D eigenvalue weighted by Gasteiger charge is -2.06. The molecular weight excluding hydrogens is 479 g/mol. The summed E-state index contributed by atoms with van der Waals surface area (Å²) in [4.78, 5) is 17.3. The molecule has 0 spiro atoms. The summed E-state index contributed by atoms with van der Waals surface area (Å²) >= 11 is 1.17. The number of nitrogens with one attached hydrogen (secondary N) is 1. The predicted molar refractivity (Wildman–Crippen MR) is 114 cm³/mol. The van der Waals surface area contributed by atoms with Crippen LogP contribution in [0.1, 0.15) is 22.8 Å². The Morgan fingerprint density at radius 2 is 1.85 bits per heavy atom. The third-order valence-corrected chi connectivity index (χ3v) is 5.59. The summed E-state index contributed by atoms with van der Waals surface area (Å²) in [5.74, 6) is -2.39. The molecule has 12 heteroatoms. The van der Waals surface area contributed by atoms with Gasteiger partial charge in [0.25, 0.3) is 0 Å². The summed E-state index contributed by atoms with van der Waals surface area (Å²) < 4.78 is 70.7. The normalized spacial score (nSPS) is 11.6. The standard InChI is InChI=1S/C22H15F5N4O2S/c1-11-19(12-5-6-15(23)16(24)10-12)29-21(34-11)28-17(32)7-8-18-30-31-20(33-18)13-3-2-4-14(9-13)22(25,26)27/h2-6,9-10H,7-8H2,1H3,(H,28,29,32). The van der Waals surface area contributed by atoms with Crippen molar-refractivity contribution < 1.29 is 31.2 Å². The van der Waals surface area contributed by atoms with Gasteiger partial charge in [0.15, 0.2) is 16.8 Å². The molecule has 34 heavy (non-hydrogen) atoms. The average molecular weight is 494 g/mol. The lowest BCUT2D eigenvalue weighted by molar-refractivity contribution is -0.137. The maximum absolute atomic E-state index is 13.5. The molecule has 0 aliphatic heterocycles. The zero-order valence-electron chi connectivity index (χ0n) is 17.4. The van der Waals surface area contributed by atoms with Crippen LogP contribution in [-0.2, 0) is 17.4 Å². The first-order valence-corrected chi connectivity index (χ1v) is 10.6. The van der Waals surface area contributed by atoms with E-state index in [9.17, 15) is 26.7 Å². The Morgan fingerprint density at radius 1 is 1.06 bits per heavy atom. The second kappa shape index (κ2) is 9.29. The van der Waals surface area contributed by atoms with E-state index in [1.165, 1.54) is 29.5 Å². The summed E-state index contributed by atoms with van der Waals surface area (Å²) in [6.07, 6.45) is -4.50. The number of thiazole rings is 1. The highest BCUT2D eigenvalue weighted by atomic mass is 32.1. The molecule has 0 bridgehead atoms. The fraction of sp³-hybridized carbons (Fsp3) is 0.182. The van der Waals surface area contributed by atoms with Crippen molar-refractivity contribution in [3.63, 3.8) is 0 Å². The van der Waals surface area contributed by atoms with Gasteiger partial charge in [0.1, 0.15) is 0 Å². The summed E-state index contributed by atoms with van der Waals surface area (Å²) in [5.41, 5.74) is 0.0645. The second-order valence-corrected chi connectivity index (χ2v) is 8.38. The maximum atomic E-state index is 13.5. The summed E-state index contributed by atoms with van der Waals surface area (Å²) in [7, 11) is 0. The van der Waals surface area contributed by atoms with E-state index in [-0.39, 0.29) is 35.3 Å². The van der Waals surface area contributed by atoms with E-state index in [0.29, 0.717) is 16.1 Å². The van der Waals surface area contributed by atoms with E-state index in [1.54, 1.807) is 6.92 Å². The van der Waals surface area contributed by atoms with Gasteiger partial charge in [-0.15, -0.1) is 21.5 Å². The highest BCUT2D eigenvalue weighted by Crippen LogP contribution is 2.33. The maximum Gasteiger partial charge on any atom is 0.416 e. The molecule has 4 aromatic rings. The molecular formula is C22H15F5N4O2S. The molecule has 0 fully saturated rings. The Hall–Kier alpha value is -3.67. The largest absolute Gasteiger partial charge is 0.421 e. The Bertz CT molecular complexity index is 1350. The number of amides is 1. The SMILES string of the molecule is Cc1sc(NC(=O)CCc2nnc(-c3cccc(C(F)(F)F)c3)o2)nc1-c1ccc(F)c(F)c1. The minimum absolute atomic E-state index is 0.0522. The first-order chi connectivity index (χ1) is 16.1. The number of aromatic nitrogens is 3. The number of benzene rings is 2. The van der Waals surface area contributed by atoms with Crippen LogP contribution < -0.4 is 5.32 Å². The highest BCUT2D eigenvalue weighted by molar-refractivity contribution is 7.16. The lowest BCUT2D eigenvalue weighted by atomic mass is 10.1. The molecule has 2 heterocycles. The number of rotatable bonds is 6. The number of carbonyl (C=O) groups is 1. The third-order valence-electron chi connectivity index (χ3n) is 4.71. The predicted octanol–water partition coefficient (Wildman–Crippen LogP) is 6.04. The van der Waals surface area contributed by atoms with E-state index in [0.717, 1.165) is 24.3 Å². The summed E-state index contributed by atoms with van der Waals surface area (Å²) in [6.45, 7) is 1.73. The van der Waals surface area contributed by atoms with Crippen molar-refractivity contribution >= 4 is 22.4 Å². The highest BCUT2D eigenvalue weighted by Gasteiger charge is 2.30. The van der Waals surface area contributed by atoms with Crippen molar-refractivity contribution in [1.82, 2.24) is 15.2 Å². The molecule has 6 nitrogen and oxygen atoms in total. The van der Waals surface area contributed by atoms with Crippen molar-refractivity contribution in [3.05, 3.63) is 70.4 Å². The van der Waals surface area contributed by atoms with Crippen LogP contribution in [0.3, 0.4) is 0 Å². The number of hydrogen-bond acceptors (Lipinski definition) is 6. The Kier molecular flexibility index (Phi) is 6.42. The fourth-order valence-corrected chi connectivity index (χ4v) is 3.92. The van der Waals surface area contributed by atoms with Crippen molar-refractivity contribution in [2.75, 3.05) is 5.32 Å². The van der Waals surface area contributed by atoms with Gasteiger partial charge in [-0.3, -0.25) is 4.79 Å². The molecule has 0 radical (unpaired) electrons. The zero-order valence-corrected chi connectivity index (χ0v) is 18.2. The molecule has 1 amide bonds. The van der Waals surface area contributed by atoms with Crippen LogP contribution in [-0.4, -0.2) is 21.1 Å². The van der Waals surface area contributed by atoms with Crippen LogP contribution in [0.4, 0.5) is 27.1 Å². The zero-order chi connectivity index (χ0) is 24.5. The van der Waals surface area contributed by atoms with E-state index in [4.69, 9.17) is 4.42 Å². The first-order valence-electron chi connectivity index (χ1n) is 9.83. The van der Waals surface area contributed by atoms with Gasteiger partial charge in [-0.05, 0) is 43.3 Å². The number of halogens is 5. The number of nitrogens with zero attached hydrogens (tertiary/aromatic N) is 3. The molecule has 0 aliphatic carbocycles. The Morgan fingerprint density at radius 3 is 2.59 bits per heavy atom. The van der Waals surface area contributed by atoms with Gasteiger partial charge < -0.3 is 9.73 Å². The van der Waals surface area contributed by atoms with E-state index in [1.807, 2.05) is 0 Å². The minimum Gasteiger partial charge on any atom is -0.421 e. The van der Waals surface area contributed by atoms with Gasteiger partial charge in [-0.25, -0.2) is 13.8 Å². The van der Waals surface area contributed by atoms with Gasteiger partial charge in [-0.2, -0.15) is 13.2 Å². The monoisotopic (exact) mass is 494 g/mol. The van der Waals surface area contributed by atoms with Crippen molar-refractivity contribution in [3.8, 4) is 22.7 Å². The number of alkyl halides is 3. The Balaban J connectivity index is 1.38. The van der Waals surface area contributed by atoms with Gasteiger partial charge in [0, 0.05) is 28.8 Å². The summed E-state index contributed by atoms with van der Waals surface area (Å²) in [6, 6.07) is 7.90. The van der Waals surface area contributed by atoms with Crippen LogP contribution in [0.2, 0.25) is 0 Å². The van der Waals surface area contributed by atoms with E-state index in [2.05, 4.69) is 20.5 Å². The van der Waals surface area contributed by atoms with Crippen LogP contribution >= 0.6 is 11.3 Å². The van der Waals surface area contributed by atoms with Crippen molar-refractivity contribution in [1.29, 1.82) is 0 Å². The number of anilines is 1. The second-order valence-electron chi connectivity index (χ2n) is 7.18. The topological polar surface area (TPSA) is 80.9 Å². The van der Waals surface area contributed by atoms with Crippen molar-refractivity contribution in [2.45, 2.75) is 25.9 Å². The summed E-state index contributed by atoms with van der Waals surface area (Å²) in [5, 5.41) is 10.4. The smallest absolute Gasteiger partial charge is 0.416 e. The van der Waals surface area contributed by atoms with Crippen LogP contribution in [0, 0.1) is 18.6 Å². The van der Waals surface area contributed by atoms with E-state index >= 15 is 0 Å². The molecule has 0 unspecified atom stereocenters. The molecule has 0 atom stereocenters. The number of carbonyl (C=O) groups excluding carboxylic acids is 1. The minimum atomic E-state index is -4.50. The van der Waals surface area contributed by atoms with Gasteiger partial charge in [0.05, 0.1) is 11.3 Å². The van der Waals surface area contributed by atoms with Gasteiger partial charge in [0.2, 0.25) is 17.7 Å². The molecule has 2 aromatic carbocycles.